The number of aromatic amines is 1. The molecule has 7 heteroatoms. The average molecular weight is 328 g/mol. The molecule has 0 radical (unpaired) electrons. The molecule has 3 rings (SSSR count). The van der Waals surface area contributed by atoms with Gasteiger partial charge in [0.2, 0.25) is 5.89 Å². The molecular weight excluding hydrogens is 308 g/mol. The first-order chi connectivity index (χ1) is 11.6. The topological polar surface area (TPSA) is 93.0 Å². The molecule has 0 saturated carbocycles. The van der Waals surface area contributed by atoms with Crippen LogP contribution in [0.2, 0.25) is 0 Å². The summed E-state index contributed by atoms with van der Waals surface area (Å²) in [6.07, 6.45) is 0.914. The number of benzene rings is 1. The summed E-state index contributed by atoms with van der Waals surface area (Å²) < 4.78 is 10.1. The molecule has 0 fully saturated rings. The lowest BCUT2D eigenvalue weighted by atomic mass is 10.1. The number of H-pyrrole nitrogens is 1. The van der Waals surface area contributed by atoms with Gasteiger partial charge in [0.15, 0.2) is 5.82 Å². The van der Waals surface area contributed by atoms with Crippen LogP contribution >= 0.6 is 0 Å². The molecule has 1 unspecified atom stereocenters. The number of nitrogens with one attached hydrogen (secondary N) is 2. The number of amides is 1. The molecule has 2 N–H and O–H groups in total. The molecule has 7 nitrogen and oxygen atoms in total. The molecule has 1 amide bonds. The lowest BCUT2D eigenvalue weighted by molar-refractivity contribution is 0.0928. The summed E-state index contributed by atoms with van der Waals surface area (Å²) in [5, 5.41) is 7.72. The van der Waals surface area contributed by atoms with Gasteiger partial charge < -0.3 is 19.6 Å². The molecule has 0 aliphatic heterocycles. The first-order valence-electron chi connectivity index (χ1n) is 7.85. The average Bonchev–Trinajstić information content (AvgIpc) is 3.21. The fraction of sp³-hybridized carbons (Fsp3) is 0.353. The van der Waals surface area contributed by atoms with Crippen LogP contribution in [0.5, 0.6) is 0 Å². The van der Waals surface area contributed by atoms with Crippen LogP contribution in [0.25, 0.3) is 10.9 Å². The van der Waals surface area contributed by atoms with Crippen LogP contribution in [-0.4, -0.2) is 28.1 Å². The molecule has 126 valence electrons. The summed E-state index contributed by atoms with van der Waals surface area (Å²) in [7, 11) is 1.56. The second-order valence-corrected chi connectivity index (χ2v) is 5.59. The Labute approximate surface area is 139 Å². The van der Waals surface area contributed by atoms with Crippen molar-refractivity contribution >= 4 is 16.8 Å². The number of aryl methyl sites for hydroxylation is 1. The number of hydrogen-bond acceptors (Lipinski definition) is 5. The third kappa shape index (κ3) is 3.16. The maximum Gasteiger partial charge on any atom is 0.268 e. The number of methoxy groups -OCH3 is 1. The van der Waals surface area contributed by atoms with Crippen molar-refractivity contribution in [3.8, 4) is 0 Å². The summed E-state index contributed by atoms with van der Waals surface area (Å²) in [6.45, 7) is 4.16. The number of aromatic nitrogens is 3. The molecule has 24 heavy (non-hydrogen) atoms. The Morgan fingerprint density at radius 1 is 1.46 bits per heavy atom. The van der Waals surface area contributed by atoms with E-state index in [2.05, 4.69) is 33.4 Å². The van der Waals surface area contributed by atoms with E-state index in [1.165, 1.54) is 5.56 Å². The highest BCUT2D eigenvalue weighted by Gasteiger charge is 2.19. The number of fused-ring (bicyclic) bond motifs is 1. The lowest BCUT2D eigenvalue weighted by Crippen LogP contribution is -2.27. The number of rotatable bonds is 6. The zero-order valence-electron chi connectivity index (χ0n) is 13.9. The second-order valence-electron chi connectivity index (χ2n) is 5.59. The Bertz CT molecular complexity index is 853. The van der Waals surface area contributed by atoms with Gasteiger partial charge in [0, 0.05) is 18.0 Å². The summed E-state index contributed by atoms with van der Waals surface area (Å²) in [5.41, 5.74) is 2.67. The third-order valence-electron chi connectivity index (χ3n) is 3.86. The van der Waals surface area contributed by atoms with Crippen molar-refractivity contribution in [3.05, 3.63) is 47.2 Å². The van der Waals surface area contributed by atoms with Crippen molar-refractivity contribution in [2.75, 3.05) is 7.11 Å². The van der Waals surface area contributed by atoms with E-state index in [0.29, 0.717) is 17.4 Å². The van der Waals surface area contributed by atoms with E-state index in [1.54, 1.807) is 14.0 Å². The Balaban J connectivity index is 1.76. The molecule has 1 aromatic carbocycles. The molecule has 1 atom stereocenters. The van der Waals surface area contributed by atoms with Gasteiger partial charge in [-0.3, -0.25) is 4.79 Å². The predicted octanol–water partition coefficient (Wildman–Crippen LogP) is 2.75. The number of nitrogens with zero attached hydrogens (tertiary/aromatic N) is 2. The van der Waals surface area contributed by atoms with Gasteiger partial charge in [-0.2, -0.15) is 4.98 Å². The summed E-state index contributed by atoms with van der Waals surface area (Å²) >= 11 is 0. The van der Waals surface area contributed by atoms with Crippen LogP contribution < -0.4 is 5.32 Å². The number of carbonyl (C=O) groups excluding carboxylic acids is 1. The van der Waals surface area contributed by atoms with Crippen molar-refractivity contribution in [1.29, 1.82) is 0 Å². The molecule has 2 aromatic heterocycles. The van der Waals surface area contributed by atoms with Gasteiger partial charge in [0.1, 0.15) is 18.3 Å². The number of ether oxygens (including phenoxy) is 1. The van der Waals surface area contributed by atoms with Crippen LogP contribution in [0, 0.1) is 0 Å². The van der Waals surface area contributed by atoms with E-state index in [1.807, 2.05) is 18.2 Å². The van der Waals surface area contributed by atoms with Gasteiger partial charge in [-0.25, -0.2) is 0 Å². The second kappa shape index (κ2) is 6.84. The molecular formula is C17H20N4O3. The molecule has 2 heterocycles. The van der Waals surface area contributed by atoms with Crippen molar-refractivity contribution < 1.29 is 14.1 Å². The Kier molecular flexibility index (Phi) is 4.61. The van der Waals surface area contributed by atoms with Crippen molar-refractivity contribution in [2.45, 2.75) is 32.9 Å². The minimum atomic E-state index is -0.396. The normalized spacial score (nSPS) is 12.5. The third-order valence-corrected chi connectivity index (χ3v) is 3.86. The van der Waals surface area contributed by atoms with Crippen LogP contribution in [0.15, 0.2) is 28.8 Å². The maximum absolute atomic E-state index is 12.5. The van der Waals surface area contributed by atoms with Crippen molar-refractivity contribution in [1.82, 2.24) is 20.4 Å². The lowest BCUT2D eigenvalue weighted by Gasteiger charge is -2.08. The van der Waals surface area contributed by atoms with Crippen LogP contribution in [0.1, 0.15) is 47.7 Å². The van der Waals surface area contributed by atoms with Gasteiger partial charge in [-0.1, -0.05) is 24.2 Å². The summed E-state index contributed by atoms with van der Waals surface area (Å²) in [5.74, 6) is 0.583. The zero-order valence-corrected chi connectivity index (χ0v) is 13.9. The molecule has 0 aliphatic rings. The van der Waals surface area contributed by atoms with Crippen LogP contribution in [-0.2, 0) is 17.8 Å². The van der Waals surface area contributed by atoms with E-state index in [9.17, 15) is 4.79 Å². The Morgan fingerprint density at radius 2 is 2.29 bits per heavy atom. The molecule has 0 saturated heterocycles. The van der Waals surface area contributed by atoms with Crippen molar-refractivity contribution in [2.24, 2.45) is 0 Å². The van der Waals surface area contributed by atoms with E-state index in [-0.39, 0.29) is 12.5 Å². The van der Waals surface area contributed by atoms with E-state index in [0.717, 1.165) is 17.3 Å². The van der Waals surface area contributed by atoms with E-state index in [4.69, 9.17) is 9.26 Å². The van der Waals surface area contributed by atoms with Gasteiger partial charge in [0.25, 0.3) is 5.91 Å². The predicted molar refractivity (Wildman–Crippen MR) is 88.6 cm³/mol. The molecule has 3 aromatic rings. The number of carbonyl (C=O) groups is 1. The van der Waals surface area contributed by atoms with Gasteiger partial charge >= 0.3 is 0 Å². The zero-order chi connectivity index (χ0) is 17.1. The van der Waals surface area contributed by atoms with Crippen LogP contribution in [0.3, 0.4) is 0 Å². The molecule has 0 aliphatic carbocycles. The Hall–Kier alpha value is -2.67. The minimum Gasteiger partial charge on any atom is -0.377 e. The first kappa shape index (κ1) is 16.2. The van der Waals surface area contributed by atoms with Gasteiger partial charge in [-0.05, 0) is 31.0 Å². The van der Waals surface area contributed by atoms with Gasteiger partial charge in [0.05, 0.1) is 0 Å². The van der Waals surface area contributed by atoms with E-state index >= 15 is 0 Å². The standard InChI is InChI=1S/C17H20N4O3/c1-4-11-6-5-7-13-12(11)8-14(19-13)16(22)18-10(2)17-20-15(9-23-3)21-24-17/h5-8,10,19H,4,9H2,1-3H3,(H,18,22). The number of hydrogen-bond donors (Lipinski definition) is 2. The monoisotopic (exact) mass is 328 g/mol. The smallest absolute Gasteiger partial charge is 0.268 e. The minimum absolute atomic E-state index is 0.216. The van der Waals surface area contributed by atoms with Crippen molar-refractivity contribution in [3.63, 3.8) is 0 Å². The quantitative estimate of drug-likeness (QED) is 0.726. The largest absolute Gasteiger partial charge is 0.377 e. The maximum atomic E-state index is 12.5. The van der Waals surface area contributed by atoms with Gasteiger partial charge in [-0.15, -0.1) is 0 Å². The first-order valence-corrected chi connectivity index (χ1v) is 7.85. The van der Waals surface area contributed by atoms with E-state index < -0.39 is 6.04 Å². The molecule has 0 bridgehead atoms. The highest BCUT2D eigenvalue weighted by atomic mass is 16.5. The van der Waals surface area contributed by atoms with Crippen LogP contribution in [0.4, 0.5) is 0 Å². The highest BCUT2D eigenvalue weighted by molar-refractivity contribution is 5.99. The highest BCUT2D eigenvalue weighted by Crippen LogP contribution is 2.21. The summed E-state index contributed by atoms with van der Waals surface area (Å²) in [6, 6.07) is 7.49. The SMILES string of the molecule is CCc1cccc2[nH]c(C(=O)NC(C)c3nc(COC)no3)cc12. The Morgan fingerprint density at radius 3 is 3.04 bits per heavy atom. The molecule has 0 spiro atoms. The summed E-state index contributed by atoms with van der Waals surface area (Å²) in [4.78, 5) is 19.8. The fourth-order valence-electron chi connectivity index (χ4n) is 2.62. The fourth-order valence-corrected chi connectivity index (χ4v) is 2.62.